The molecule has 1 N–H and O–H groups in total. The Kier molecular flexibility index (Phi) is 5.70. The van der Waals surface area contributed by atoms with Crippen LogP contribution in [0.25, 0.3) is 5.65 Å². The number of amides is 1. The topological polar surface area (TPSA) is 81.3 Å². The zero-order chi connectivity index (χ0) is 22.9. The van der Waals surface area contributed by atoms with Crippen LogP contribution < -0.4 is 11.0 Å². The average Bonchev–Trinajstić information content (AvgIpc) is 3.02. The lowest BCUT2D eigenvalue weighted by Crippen LogP contribution is -2.29. The van der Waals surface area contributed by atoms with Gasteiger partial charge < -0.3 is 5.32 Å². The van der Waals surface area contributed by atoms with Gasteiger partial charge in [0.25, 0.3) is 0 Å². The lowest BCUT2D eigenvalue weighted by Gasteiger charge is -2.09. The number of benzene rings is 2. The zero-order valence-electron chi connectivity index (χ0n) is 16.0. The monoisotopic (exact) mass is 463 g/mol. The molecule has 7 nitrogen and oxygen atoms in total. The Morgan fingerprint density at radius 1 is 1.03 bits per heavy atom. The van der Waals surface area contributed by atoms with E-state index in [1.807, 2.05) is 0 Å². The molecule has 0 aliphatic rings. The second-order valence-corrected chi connectivity index (χ2v) is 7.66. The molecular weight excluding hydrogens is 450 g/mol. The predicted octanol–water partition coefficient (Wildman–Crippen LogP) is 3.84. The van der Waals surface area contributed by atoms with Crippen molar-refractivity contribution in [3.63, 3.8) is 0 Å². The third-order valence-electron chi connectivity index (χ3n) is 4.20. The van der Waals surface area contributed by atoms with Crippen molar-refractivity contribution in [2.24, 2.45) is 0 Å². The van der Waals surface area contributed by atoms with E-state index >= 15 is 0 Å². The van der Waals surface area contributed by atoms with Crippen LogP contribution in [-0.2, 0) is 17.5 Å². The summed E-state index contributed by atoms with van der Waals surface area (Å²) in [6.45, 7) is -0.523. The number of fused-ring (bicyclic) bond motifs is 1. The van der Waals surface area contributed by atoms with Crippen LogP contribution in [0, 0.1) is 5.82 Å². The molecule has 4 rings (SSSR count). The molecule has 0 fully saturated rings. The highest BCUT2D eigenvalue weighted by molar-refractivity contribution is 7.99. The molecule has 2 aromatic heterocycles. The third-order valence-corrected chi connectivity index (χ3v) is 5.12. The van der Waals surface area contributed by atoms with E-state index in [2.05, 4.69) is 15.5 Å². The number of nitrogens with zero attached hydrogens (tertiary/aromatic N) is 4. The molecular formula is C20H13F4N5O2S. The smallest absolute Gasteiger partial charge is 0.324 e. The minimum atomic E-state index is -4.55. The highest BCUT2D eigenvalue weighted by atomic mass is 32.2. The average molecular weight is 463 g/mol. The minimum absolute atomic E-state index is 0.0615. The minimum Gasteiger partial charge on any atom is -0.324 e. The maximum atomic E-state index is 13.4. The van der Waals surface area contributed by atoms with Crippen LogP contribution >= 0.6 is 11.8 Å². The summed E-state index contributed by atoms with van der Waals surface area (Å²) in [7, 11) is 0. The van der Waals surface area contributed by atoms with Crippen LogP contribution in [-0.4, -0.2) is 25.3 Å². The number of aromatic nitrogens is 4. The van der Waals surface area contributed by atoms with Gasteiger partial charge in [0.2, 0.25) is 5.91 Å². The summed E-state index contributed by atoms with van der Waals surface area (Å²) in [5, 5.41) is 10.9. The number of alkyl halides is 3. The molecule has 0 spiro atoms. The normalized spacial score (nSPS) is 11.6. The fourth-order valence-electron chi connectivity index (χ4n) is 2.81. The third kappa shape index (κ3) is 4.80. The van der Waals surface area contributed by atoms with E-state index in [1.165, 1.54) is 24.3 Å². The van der Waals surface area contributed by atoms with Gasteiger partial charge in [-0.1, -0.05) is 23.9 Å². The van der Waals surface area contributed by atoms with E-state index in [0.717, 1.165) is 39.2 Å². The molecule has 12 heteroatoms. The van der Waals surface area contributed by atoms with Crippen molar-refractivity contribution in [1.29, 1.82) is 0 Å². The molecule has 1 amide bonds. The molecule has 0 saturated carbocycles. The van der Waals surface area contributed by atoms with E-state index in [-0.39, 0.29) is 11.3 Å². The quantitative estimate of drug-likeness (QED) is 0.455. The van der Waals surface area contributed by atoms with Crippen LogP contribution in [0.5, 0.6) is 0 Å². The van der Waals surface area contributed by atoms with Crippen LogP contribution in [0.3, 0.4) is 0 Å². The first kappa shape index (κ1) is 21.6. The van der Waals surface area contributed by atoms with Crippen molar-refractivity contribution < 1.29 is 22.4 Å². The van der Waals surface area contributed by atoms with Crippen LogP contribution in [0.1, 0.15) is 5.56 Å². The van der Waals surface area contributed by atoms with E-state index in [1.54, 1.807) is 18.2 Å². The van der Waals surface area contributed by atoms with Crippen LogP contribution in [0.2, 0.25) is 0 Å². The fourth-order valence-corrected chi connectivity index (χ4v) is 3.63. The molecule has 0 radical (unpaired) electrons. The first-order chi connectivity index (χ1) is 15.2. The number of hydrogen-bond donors (Lipinski definition) is 1. The Morgan fingerprint density at radius 3 is 2.56 bits per heavy atom. The predicted molar refractivity (Wildman–Crippen MR) is 108 cm³/mol. The van der Waals surface area contributed by atoms with Gasteiger partial charge in [0, 0.05) is 10.6 Å². The van der Waals surface area contributed by atoms with Crippen molar-refractivity contribution >= 4 is 29.0 Å². The highest BCUT2D eigenvalue weighted by Crippen LogP contribution is 2.30. The molecule has 32 heavy (non-hydrogen) atoms. The highest BCUT2D eigenvalue weighted by Gasteiger charge is 2.30. The maximum absolute atomic E-state index is 13.4. The second kappa shape index (κ2) is 8.46. The lowest BCUT2D eigenvalue weighted by molar-refractivity contribution is -0.137. The number of carbonyl (C=O) groups excluding carboxylic acids is 1. The van der Waals surface area contributed by atoms with Gasteiger partial charge in [-0.05, 0) is 48.5 Å². The zero-order valence-corrected chi connectivity index (χ0v) is 16.8. The van der Waals surface area contributed by atoms with Crippen molar-refractivity contribution in [2.75, 3.05) is 5.32 Å². The van der Waals surface area contributed by atoms with Gasteiger partial charge in [0.05, 0.1) is 5.56 Å². The summed E-state index contributed by atoms with van der Waals surface area (Å²) >= 11 is 1.13. The van der Waals surface area contributed by atoms with Gasteiger partial charge in [0.15, 0.2) is 5.65 Å². The van der Waals surface area contributed by atoms with Crippen LogP contribution in [0.15, 0.2) is 75.4 Å². The van der Waals surface area contributed by atoms with Gasteiger partial charge in [-0.3, -0.25) is 4.79 Å². The van der Waals surface area contributed by atoms with Crippen molar-refractivity contribution in [2.45, 2.75) is 22.6 Å². The summed E-state index contributed by atoms with van der Waals surface area (Å²) in [6, 6.07) is 13.1. The number of halogens is 4. The molecule has 2 heterocycles. The first-order valence-corrected chi connectivity index (χ1v) is 9.88. The summed E-state index contributed by atoms with van der Waals surface area (Å²) < 4.78 is 53.6. The van der Waals surface area contributed by atoms with Gasteiger partial charge in [-0.15, -0.1) is 5.10 Å². The van der Waals surface area contributed by atoms with Gasteiger partial charge in [0.1, 0.15) is 17.4 Å². The molecule has 0 atom stereocenters. The Bertz CT molecular complexity index is 1370. The molecule has 0 aliphatic heterocycles. The first-order valence-electron chi connectivity index (χ1n) is 9.06. The van der Waals surface area contributed by atoms with Gasteiger partial charge in [-0.25, -0.2) is 13.9 Å². The molecule has 0 bridgehead atoms. The molecule has 2 aromatic carbocycles. The summed E-state index contributed by atoms with van der Waals surface area (Å²) in [4.78, 5) is 25.4. The standard InChI is InChI=1S/C20H13F4N5O2S/c21-13-4-2-6-15(10-13)32-18-8-7-16-26-28(19(31)29(16)27-18)11-17(30)25-14-5-1-3-12(9-14)20(22,23)24/h1-10H,11H2,(H,25,30). The second-order valence-electron chi connectivity index (χ2n) is 6.57. The van der Waals surface area contributed by atoms with Crippen molar-refractivity contribution in [3.8, 4) is 0 Å². The summed E-state index contributed by atoms with van der Waals surface area (Å²) in [5.41, 5.74) is -1.51. The van der Waals surface area contributed by atoms with Crippen molar-refractivity contribution in [3.05, 3.63) is 82.5 Å². The number of hydrogen-bond acceptors (Lipinski definition) is 5. The molecule has 4 aromatic rings. The number of anilines is 1. The summed E-state index contributed by atoms with van der Waals surface area (Å²) in [6.07, 6.45) is -4.55. The van der Waals surface area contributed by atoms with E-state index in [9.17, 15) is 27.2 Å². The van der Waals surface area contributed by atoms with Gasteiger partial charge >= 0.3 is 11.9 Å². The maximum Gasteiger partial charge on any atom is 0.416 e. The number of nitrogens with one attached hydrogen (secondary N) is 1. The lowest BCUT2D eigenvalue weighted by atomic mass is 10.2. The Morgan fingerprint density at radius 2 is 1.81 bits per heavy atom. The Labute approximate surface area is 181 Å². The molecule has 0 unspecified atom stereocenters. The van der Waals surface area contributed by atoms with Gasteiger partial charge in [-0.2, -0.15) is 22.8 Å². The summed E-state index contributed by atoms with van der Waals surface area (Å²) in [5.74, 6) is -1.14. The van der Waals surface area contributed by atoms with Crippen LogP contribution in [0.4, 0.5) is 23.2 Å². The number of rotatable bonds is 5. The fraction of sp³-hybridized carbons (Fsp3) is 0.100. The Balaban J connectivity index is 1.52. The van der Waals surface area contributed by atoms with E-state index in [4.69, 9.17) is 0 Å². The SMILES string of the molecule is O=C(Cn1nc2ccc(Sc3cccc(F)c3)nn2c1=O)Nc1cccc(C(F)(F)F)c1. The number of carbonyl (C=O) groups is 1. The Hall–Kier alpha value is -3.67. The van der Waals surface area contributed by atoms with Crippen molar-refractivity contribution in [1.82, 2.24) is 19.4 Å². The molecule has 0 saturated heterocycles. The van der Waals surface area contributed by atoms with E-state index in [0.29, 0.717) is 9.92 Å². The molecule has 164 valence electrons. The van der Waals surface area contributed by atoms with E-state index < -0.39 is 35.7 Å². The largest absolute Gasteiger partial charge is 0.416 e. The molecule has 0 aliphatic carbocycles.